The predicted octanol–water partition coefficient (Wildman–Crippen LogP) is 2.37. The Labute approximate surface area is 118 Å². The van der Waals surface area contributed by atoms with Gasteiger partial charge in [-0.25, -0.2) is 0 Å². The monoisotopic (exact) mass is 280 g/mol. The Morgan fingerprint density at radius 1 is 1.15 bits per heavy atom. The van der Waals surface area contributed by atoms with Gasteiger partial charge in [0.15, 0.2) is 0 Å². The lowest BCUT2D eigenvalue weighted by Crippen LogP contribution is -2.18. The number of non-ortho nitro benzene ring substituents is 1. The van der Waals surface area contributed by atoms with Gasteiger partial charge in [0.05, 0.1) is 4.92 Å². The molecule has 0 amide bonds. The fourth-order valence-electron chi connectivity index (χ4n) is 1.85. The highest BCUT2D eigenvalue weighted by atomic mass is 16.6. The second-order valence-corrected chi connectivity index (χ2v) is 4.63. The van der Waals surface area contributed by atoms with Crippen LogP contribution < -0.4 is 5.32 Å². The zero-order valence-corrected chi connectivity index (χ0v) is 11.4. The van der Waals surface area contributed by atoms with Gasteiger partial charge in [-0.3, -0.25) is 14.9 Å². The summed E-state index contributed by atoms with van der Waals surface area (Å²) in [5, 5.41) is 22.3. The van der Waals surface area contributed by atoms with Gasteiger partial charge in [0.2, 0.25) is 0 Å². The zero-order chi connectivity index (χ0) is 14.8. The number of nitro groups is 1. The van der Waals surface area contributed by atoms with E-state index >= 15 is 0 Å². The van der Waals surface area contributed by atoms with Crippen molar-refractivity contribution in [2.24, 2.45) is 0 Å². The van der Waals surface area contributed by atoms with Crippen LogP contribution in [0.2, 0.25) is 0 Å². The molecule has 0 aliphatic heterocycles. The molecular formula is C14H20N2O4. The van der Waals surface area contributed by atoms with E-state index in [1.54, 1.807) is 12.1 Å². The molecule has 1 aromatic carbocycles. The quantitative estimate of drug-likeness (QED) is 0.390. The van der Waals surface area contributed by atoms with Crippen molar-refractivity contribution in [3.05, 3.63) is 39.9 Å². The van der Waals surface area contributed by atoms with Crippen molar-refractivity contribution in [2.75, 3.05) is 13.1 Å². The Morgan fingerprint density at radius 3 is 2.45 bits per heavy atom. The molecule has 6 nitrogen and oxygen atoms in total. The van der Waals surface area contributed by atoms with Crippen molar-refractivity contribution in [2.45, 2.75) is 32.1 Å². The molecule has 0 radical (unpaired) electrons. The van der Waals surface area contributed by atoms with Crippen LogP contribution in [-0.4, -0.2) is 29.1 Å². The van der Waals surface area contributed by atoms with Crippen LogP contribution in [0.25, 0.3) is 0 Å². The fourth-order valence-corrected chi connectivity index (χ4v) is 1.85. The van der Waals surface area contributed by atoms with Gasteiger partial charge in [-0.05, 0) is 37.9 Å². The van der Waals surface area contributed by atoms with E-state index in [1.165, 1.54) is 12.1 Å². The largest absolute Gasteiger partial charge is 0.481 e. The molecule has 0 bridgehead atoms. The first kappa shape index (κ1) is 16.1. The summed E-state index contributed by atoms with van der Waals surface area (Å²) in [4.78, 5) is 20.4. The molecule has 0 heterocycles. The SMILES string of the molecule is O=C(O)CCCCCNCCc1ccc([N+](=O)[O-])cc1. The highest BCUT2D eigenvalue weighted by Gasteiger charge is 2.03. The first-order valence-electron chi connectivity index (χ1n) is 6.75. The lowest BCUT2D eigenvalue weighted by atomic mass is 10.1. The fraction of sp³-hybridized carbons (Fsp3) is 0.500. The van der Waals surface area contributed by atoms with Gasteiger partial charge in [-0.15, -0.1) is 0 Å². The first-order chi connectivity index (χ1) is 9.59. The van der Waals surface area contributed by atoms with Gasteiger partial charge >= 0.3 is 5.97 Å². The molecule has 110 valence electrons. The predicted molar refractivity (Wildman–Crippen MR) is 75.8 cm³/mol. The van der Waals surface area contributed by atoms with Crippen molar-refractivity contribution in [1.29, 1.82) is 0 Å². The molecule has 0 aliphatic carbocycles. The van der Waals surface area contributed by atoms with Crippen LogP contribution in [0, 0.1) is 10.1 Å². The number of rotatable bonds is 10. The maximum absolute atomic E-state index is 10.5. The van der Waals surface area contributed by atoms with E-state index in [0.29, 0.717) is 0 Å². The maximum Gasteiger partial charge on any atom is 0.303 e. The molecule has 6 heteroatoms. The first-order valence-corrected chi connectivity index (χ1v) is 6.75. The average Bonchev–Trinajstić information content (AvgIpc) is 2.42. The molecule has 0 atom stereocenters. The van der Waals surface area contributed by atoms with Gasteiger partial charge in [-0.2, -0.15) is 0 Å². The standard InChI is InChI=1S/C14H20N2O4/c17-14(18)4-2-1-3-10-15-11-9-12-5-7-13(8-6-12)16(19)20/h5-8,15H,1-4,9-11H2,(H,17,18). The topological polar surface area (TPSA) is 92.5 Å². The summed E-state index contributed by atoms with van der Waals surface area (Å²) in [6, 6.07) is 6.57. The zero-order valence-electron chi connectivity index (χ0n) is 11.4. The molecule has 20 heavy (non-hydrogen) atoms. The number of nitrogens with zero attached hydrogens (tertiary/aromatic N) is 1. The van der Waals surface area contributed by atoms with Crippen LogP contribution in [0.3, 0.4) is 0 Å². The number of carbonyl (C=O) groups is 1. The number of aliphatic carboxylic acids is 1. The Hall–Kier alpha value is -1.95. The van der Waals surface area contributed by atoms with Crippen LogP contribution in [0.4, 0.5) is 5.69 Å². The number of carboxylic acid groups (broad SMARTS) is 1. The Kier molecular flexibility index (Phi) is 7.27. The van der Waals surface area contributed by atoms with Gasteiger partial charge < -0.3 is 10.4 Å². The molecule has 0 unspecified atom stereocenters. The summed E-state index contributed by atoms with van der Waals surface area (Å²) in [6.45, 7) is 1.68. The van der Waals surface area contributed by atoms with E-state index in [-0.39, 0.29) is 12.1 Å². The number of hydrogen-bond acceptors (Lipinski definition) is 4. The molecule has 0 saturated heterocycles. The minimum absolute atomic E-state index is 0.111. The summed E-state index contributed by atoms with van der Waals surface area (Å²) in [7, 11) is 0. The Morgan fingerprint density at radius 2 is 1.85 bits per heavy atom. The normalized spacial score (nSPS) is 10.4. The minimum atomic E-state index is -0.740. The summed E-state index contributed by atoms with van der Waals surface area (Å²) < 4.78 is 0. The van der Waals surface area contributed by atoms with E-state index in [9.17, 15) is 14.9 Å². The molecular weight excluding hydrogens is 260 g/mol. The number of unbranched alkanes of at least 4 members (excludes halogenated alkanes) is 2. The maximum atomic E-state index is 10.5. The Balaban J connectivity index is 2.06. The van der Waals surface area contributed by atoms with E-state index in [1.807, 2.05) is 0 Å². The molecule has 0 spiro atoms. The van der Waals surface area contributed by atoms with Crippen LogP contribution in [-0.2, 0) is 11.2 Å². The molecule has 1 rings (SSSR count). The third-order valence-corrected chi connectivity index (χ3v) is 2.98. The van der Waals surface area contributed by atoms with Gasteiger partial charge in [0, 0.05) is 18.6 Å². The number of nitro benzene ring substituents is 1. The van der Waals surface area contributed by atoms with E-state index in [2.05, 4.69) is 5.32 Å². The summed E-state index contributed by atoms with van der Waals surface area (Å²) in [6.07, 6.45) is 3.67. The van der Waals surface area contributed by atoms with Gasteiger partial charge in [-0.1, -0.05) is 18.6 Å². The summed E-state index contributed by atoms with van der Waals surface area (Å²) in [5.41, 5.74) is 1.18. The van der Waals surface area contributed by atoms with Crippen molar-refractivity contribution >= 4 is 11.7 Å². The van der Waals surface area contributed by atoms with Crippen molar-refractivity contribution in [3.8, 4) is 0 Å². The second kappa shape index (κ2) is 9.03. The number of benzene rings is 1. The molecule has 0 aromatic heterocycles. The van der Waals surface area contributed by atoms with Crippen molar-refractivity contribution in [3.63, 3.8) is 0 Å². The molecule has 0 aliphatic rings. The smallest absolute Gasteiger partial charge is 0.303 e. The summed E-state index contributed by atoms with van der Waals surface area (Å²) >= 11 is 0. The second-order valence-electron chi connectivity index (χ2n) is 4.63. The average molecular weight is 280 g/mol. The molecule has 0 fully saturated rings. The van der Waals surface area contributed by atoms with E-state index in [4.69, 9.17) is 5.11 Å². The lowest BCUT2D eigenvalue weighted by molar-refractivity contribution is -0.384. The summed E-state index contributed by atoms with van der Waals surface area (Å²) in [5.74, 6) is -0.740. The van der Waals surface area contributed by atoms with E-state index in [0.717, 1.165) is 44.3 Å². The van der Waals surface area contributed by atoms with Crippen LogP contribution in [0.15, 0.2) is 24.3 Å². The molecule has 1 aromatic rings. The van der Waals surface area contributed by atoms with Gasteiger partial charge in [0.25, 0.3) is 5.69 Å². The number of nitrogens with one attached hydrogen (secondary N) is 1. The molecule has 0 saturated carbocycles. The Bertz CT molecular complexity index is 431. The third-order valence-electron chi connectivity index (χ3n) is 2.98. The van der Waals surface area contributed by atoms with Gasteiger partial charge in [0.1, 0.15) is 0 Å². The number of hydrogen-bond donors (Lipinski definition) is 2. The van der Waals surface area contributed by atoms with Crippen LogP contribution in [0.5, 0.6) is 0 Å². The van der Waals surface area contributed by atoms with E-state index < -0.39 is 10.9 Å². The van der Waals surface area contributed by atoms with Crippen molar-refractivity contribution < 1.29 is 14.8 Å². The lowest BCUT2D eigenvalue weighted by Gasteiger charge is -2.04. The minimum Gasteiger partial charge on any atom is -0.481 e. The van der Waals surface area contributed by atoms with Crippen LogP contribution >= 0.6 is 0 Å². The highest BCUT2D eigenvalue weighted by Crippen LogP contribution is 2.11. The number of carboxylic acids is 1. The molecule has 2 N–H and O–H groups in total. The third kappa shape index (κ3) is 6.84. The van der Waals surface area contributed by atoms with Crippen LogP contribution in [0.1, 0.15) is 31.2 Å². The highest BCUT2D eigenvalue weighted by molar-refractivity contribution is 5.66. The van der Waals surface area contributed by atoms with Crippen molar-refractivity contribution in [1.82, 2.24) is 5.32 Å².